The predicted octanol–water partition coefficient (Wildman–Crippen LogP) is 2.37. The highest BCUT2D eigenvalue weighted by atomic mass is 31.2. The minimum Gasteiger partial charge on any atom is -0.376 e. The number of nitrogens with zero attached hydrogens (tertiary/aromatic N) is 10. The van der Waals surface area contributed by atoms with Crippen LogP contribution in [0.3, 0.4) is 0 Å². The normalized spacial score (nSPS) is 23.8. The zero-order chi connectivity index (χ0) is 39.5. The Hall–Kier alpha value is -5.97. The van der Waals surface area contributed by atoms with Crippen LogP contribution in [0.15, 0.2) is 60.0 Å². The molecule has 2 aliphatic heterocycles. The Balaban J connectivity index is 1.48. The summed E-state index contributed by atoms with van der Waals surface area (Å²) in [7, 11) is -5.21. The van der Waals surface area contributed by atoms with E-state index in [1.54, 1.807) is 0 Å². The van der Waals surface area contributed by atoms with E-state index in [1.165, 1.54) is 26.2 Å². The third-order valence-electron chi connectivity index (χ3n) is 8.55. The topological polar surface area (TPSA) is 368 Å². The summed E-state index contributed by atoms with van der Waals surface area (Å²) >= 11 is 0. The van der Waals surface area contributed by atoms with E-state index in [2.05, 4.69) is 30.0 Å². The number of hydrogen-bond donors (Lipinski definition) is 3. The van der Waals surface area contributed by atoms with Gasteiger partial charge in [0, 0.05) is 64.4 Å². The van der Waals surface area contributed by atoms with Gasteiger partial charge in [-0.05, 0) is 24.9 Å². The molecule has 0 aliphatic carbocycles. The first-order chi connectivity index (χ1) is 25.6. The van der Waals surface area contributed by atoms with E-state index in [4.69, 9.17) is 18.5 Å². The molecule has 0 saturated carbocycles. The summed E-state index contributed by atoms with van der Waals surface area (Å²) in [6, 6.07) is -0.183. The second-order valence-corrected chi connectivity index (χ2v) is 14.1. The molecule has 0 spiro atoms. The molecular weight excluding hydrogens is 747 g/mol. The molecule has 1 aromatic carbocycles. The highest BCUT2D eigenvalue weighted by Crippen LogP contribution is 2.62. The number of hydrogen-bond acceptors (Lipinski definition) is 16. The van der Waals surface area contributed by atoms with Gasteiger partial charge in [-0.15, -0.1) is 0 Å². The summed E-state index contributed by atoms with van der Waals surface area (Å²) in [4.78, 5) is 80.1. The van der Waals surface area contributed by atoms with Crippen molar-refractivity contribution in [1.82, 2.24) is 19.1 Å². The van der Waals surface area contributed by atoms with Crippen molar-refractivity contribution in [3.05, 3.63) is 130 Å². The number of benzene rings is 1. The Bertz CT molecular complexity index is 2240. The highest BCUT2D eigenvalue weighted by Gasteiger charge is 2.46. The van der Waals surface area contributed by atoms with Gasteiger partial charge in [-0.2, -0.15) is 0 Å². The average molecular weight is 777 g/mol. The van der Waals surface area contributed by atoms with Gasteiger partial charge >= 0.3 is 19.0 Å². The van der Waals surface area contributed by atoms with Crippen molar-refractivity contribution in [3.63, 3.8) is 0 Å². The minimum absolute atomic E-state index is 0.133. The van der Waals surface area contributed by atoms with Crippen LogP contribution in [0.5, 0.6) is 0 Å². The molecule has 2 saturated heterocycles. The van der Waals surface area contributed by atoms with Crippen molar-refractivity contribution < 1.29 is 38.0 Å². The number of H-pyrrole nitrogens is 2. The fraction of sp³-hybridized carbons (Fsp3) is 0.481. The van der Waals surface area contributed by atoms with Crippen LogP contribution >= 0.6 is 7.60 Å². The van der Waals surface area contributed by atoms with Gasteiger partial charge in [0.15, 0.2) is 5.85 Å². The fourth-order valence-corrected chi connectivity index (χ4v) is 7.39. The van der Waals surface area contributed by atoms with Gasteiger partial charge in [-0.25, -0.2) is 9.59 Å². The largest absolute Gasteiger partial charge is 0.376 e. The van der Waals surface area contributed by atoms with Gasteiger partial charge in [0.25, 0.3) is 22.5 Å². The maximum absolute atomic E-state index is 14.6. The molecule has 1 unspecified atom stereocenters. The molecule has 2 aliphatic rings. The van der Waals surface area contributed by atoms with Crippen LogP contribution in [-0.4, -0.2) is 71.6 Å². The number of azide groups is 2. The third-order valence-corrected chi connectivity index (χ3v) is 10.4. The number of nitrogens with one attached hydrogen (secondary N) is 2. The lowest BCUT2D eigenvalue weighted by Gasteiger charge is -2.27. The molecule has 26 nitrogen and oxygen atoms in total. The van der Waals surface area contributed by atoms with Gasteiger partial charge in [0.05, 0.1) is 52.9 Å². The maximum Gasteiger partial charge on any atom is 0.363 e. The number of nitro benzene ring substituents is 2. The van der Waals surface area contributed by atoms with E-state index in [-0.39, 0.29) is 24.0 Å². The molecule has 27 heteroatoms. The summed E-state index contributed by atoms with van der Waals surface area (Å²) in [5.41, 5.74) is 13.1. The number of rotatable bonds is 14. The van der Waals surface area contributed by atoms with Crippen molar-refractivity contribution in [2.75, 3.05) is 13.2 Å². The number of ether oxygens (including phenoxy) is 2. The molecule has 0 bridgehead atoms. The Labute approximate surface area is 299 Å². The number of aromatic amines is 2. The maximum atomic E-state index is 14.6. The van der Waals surface area contributed by atoms with Gasteiger partial charge < -0.3 is 23.6 Å². The summed E-state index contributed by atoms with van der Waals surface area (Å²) in [6.07, 6.45) is -2.91. The molecule has 2 aromatic heterocycles. The molecule has 3 N–H and O–H groups in total. The first-order valence-corrected chi connectivity index (χ1v) is 17.2. The average Bonchev–Trinajstić information content (AvgIpc) is 3.72. The summed E-state index contributed by atoms with van der Waals surface area (Å²) < 4.78 is 39.5. The van der Waals surface area contributed by atoms with E-state index < -0.39 is 113 Å². The monoisotopic (exact) mass is 776 g/mol. The zero-order valence-corrected chi connectivity index (χ0v) is 28.8. The summed E-state index contributed by atoms with van der Waals surface area (Å²) in [5, 5.41) is 42.2. The van der Waals surface area contributed by atoms with Crippen molar-refractivity contribution in [2.24, 2.45) is 10.2 Å². The van der Waals surface area contributed by atoms with Gasteiger partial charge in [-0.3, -0.25) is 53.5 Å². The summed E-state index contributed by atoms with van der Waals surface area (Å²) in [6.45, 7) is 1.16. The van der Waals surface area contributed by atoms with Crippen LogP contribution in [0.25, 0.3) is 20.9 Å². The Morgan fingerprint density at radius 3 is 1.78 bits per heavy atom. The molecule has 0 amide bonds. The van der Waals surface area contributed by atoms with Crippen molar-refractivity contribution in [2.45, 2.75) is 69.3 Å². The SMILES string of the molecule is Cc1cn([C@H]2C[C@H](N=[N+]=[N-])[C@@H](COP(=O)(OC[C@H]3O[C@@H](n4cc(C)c(=O)[nH]c4=O)C[C@@H]3N=[N+]=[N-])C(O)c3cc([N+](=O)[O-])ccc3[N+](=O)[O-])O2)c(=O)[nH]c1=O. The van der Waals surface area contributed by atoms with Crippen LogP contribution in [0.4, 0.5) is 11.4 Å². The van der Waals surface area contributed by atoms with Crippen molar-refractivity contribution in [1.29, 1.82) is 0 Å². The Morgan fingerprint density at radius 2 is 1.37 bits per heavy atom. The van der Waals surface area contributed by atoms with Crippen LogP contribution < -0.4 is 22.5 Å². The number of nitro groups is 2. The smallest absolute Gasteiger partial charge is 0.363 e. The number of aliphatic hydroxyl groups is 1. The number of aliphatic hydroxyl groups excluding tert-OH is 1. The first-order valence-electron chi connectivity index (χ1n) is 15.6. The molecular formula is C27H29N12O14P. The number of non-ortho nitro benzene ring substituents is 1. The number of aryl methyl sites for hydroxylation is 2. The van der Waals surface area contributed by atoms with Gasteiger partial charge in [0.1, 0.15) is 12.5 Å². The fourth-order valence-electron chi connectivity index (χ4n) is 5.78. The van der Waals surface area contributed by atoms with E-state index >= 15 is 0 Å². The zero-order valence-electron chi connectivity index (χ0n) is 27.9. The summed E-state index contributed by atoms with van der Waals surface area (Å²) in [5.74, 6) is -2.60. The van der Waals surface area contributed by atoms with Crippen LogP contribution in [0.2, 0.25) is 0 Å². The molecule has 286 valence electrons. The molecule has 7 atom stereocenters. The Kier molecular flexibility index (Phi) is 11.6. The van der Waals surface area contributed by atoms with E-state index in [9.17, 15) is 60.1 Å². The highest BCUT2D eigenvalue weighted by molar-refractivity contribution is 7.54. The quantitative estimate of drug-likeness (QED) is 0.0528. The molecule has 5 rings (SSSR count). The van der Waals surface area contributed by atoms with Crippen molar-refractivity contribution >= 4 is 19.0 Å². The van der Waals surface area contributed by atoms with Crippen LogP contribution in [0.1, 0.15) is 47.8 Å². The van der Waals surface area contributed by atoms with Gasteiger partial charge in [-0.1, -0.05) is 10.2 Å². The van der Waals surface area contributed by atoms with Crippen LogP contribution in [0, 0.1) is 34.1 Å². The molecule has 4 heterocycles. The molecule has 2 fully saturated rings. The Morgan fingerprint density at radius 1 is 0.907 bits per heavy atom. The minimum atomic E-state index is -5.21. The third kappa shape index (κ3) is 8.15. The predicted molar refractivity (Wildman–Crippen MR) is 179 cm³/mol. The molecule has 0 radical (unpaired) electrons. The van der Waals surface area contributed by atoms with Crippen LogP contribution in [-0.2, 0) is 23.1 Å². The second-order valence-electron chi connectivity index (χ2n) is 12.0. The van der Waals surface area contributed by atoms with Gasteiger partial charge in [0.2, 0.25) is 0 Å². The second kappa shape index (κ2) is 16.0. The lowest BCUT2D eigenvalue weighted by Crippen LogP contribution is -2.33. The van der Waals surface area contributed by atoms with Crippen molar-refractivity contribution in [3.8, 4) is 0 Å². The lowest BCUT2D eigenvalue weighted by atomic mass is 10.1. The number of aromatic nitrogens is 4. The first kappa shape index (κ1) is 39.2. The van der Waals surface area contributed by atoms with E-state index in [0.717, 1.165) is 15.2 Å². The lowest BCUT2D eigenvalue weighted by molar-refractivity contribution is -0.390. The molecule has 54 heavy (non-hydrogen) atoms. The van der Waals surface area contributed by atoms with E-state index in [1.807, 2.05) is 0 Å². The van der Waals surface area contributed by atoms with E-state index in [0.29, 0.717) is 12.1 Å². The standard InChI is InChI=1S/C27H29N12O14P/c1-12-8-36(26(43)30-23(12)40)21-6-16(32-34-28)19(52-21)10-50-54(49,25(42)15-5-14(38(45)46)3-4-18(15)39(47)48)51-11-20-17(33-35-29)7-22(53-20)37-9-13(2)24(41)31-27(37)44/h3-5,8-9,16-17,19-22,25,42H,6-7,10-11H2,1-2H3,(H,30,40,43)(H,31,41,44)/t16-,17-,19+,20+,21+,22+,25?/m0/s1. The molecule has 3 aromatic rings.